The van der Waals surface area contributed by atoms with Crippen molar-refractivity contribution in [2.75, 3.05) is 0 Å². The fourth-order valence-corrected chi connectivity index (χ4v) is 4.31. The summed E-state index contributed by atoms with van der Waals surface area (Å²) in [6.45, 7) is 4.97. The Morgan fingerprint density at radius 3 is 2.57 bits per heavy atom. The number of nitrogens with zero attached hydrogens (tertiary/aromatic N) is 1. The van der Waals surface area contributed by atoms with Gasteiger partial charge in [-0.05, 0) is 61.4 Å². The van der Waals surface area contributed by atoms with E-state index in [-0.39, 0.29) is 11.7 Å². The number of hydrogen-bond acceptors (Lipinski definition) is 1. The van der Waals surface area contributed by atoms with E-state index in [1.165, 1.54) is 22.3 Å². The second-order valence-electron chi connectivity index (χ2n) is 7.87. The highest BCUT2D eigenvalue weighted by Gasteiger charge is 2.28. The number of aryl methyl sites for hydroxylation is 3. The van der Waals surface area contributed by atoms with Gasteiger partial charge < -0.3 is 0 Å². The first kappa shape index (κ1) is 18.9. The van der Waals surface area contributed by atoms with Crippen molar-refractivity contribution in [2.24, 2.45) is 5.92 Å². The van der Waals surface area contributed by atoms with Crippen LogP contribution in [0.2, 0.25) is 5.02 Å². The first-order chi connectivity index (χ1) is 13.5. The predicted molar refractivity (Wildman–Crippen MR) is 113 cm³/mol. The van der Waals surface area contributed by atoms with Crippen LogP contribution < -0.4 is 4.57 Å². The molecule has 1 heterocycles. The molecule has 0 aliphatic heterocycles. The molecule has 0 amide bonds. The van der Waals surface area contributed by atoms with Crippen molar-refractivity contribution in [3.05, 3.63) is 99.3 Å². The summed E-state index contributed by atoms with van der Waals surface area (Å²) in [5, 5.41) is 0.733. The van der Waals surface area contributed by atoms with Gasteiger partial charge in [0.1, 0.15) is 5.02 Å². The lowest BCUT2D eigenvalue weighted by atomic mass is 9.78. The van der Waals surface area contributed by atoms with Crippen molar-refractivity contribution in [1.29, 1.82) is 0 Å². The van der Waals surface area contributed by atoms with Gasteiger partial charge in [0.2, 0.25) is 0 Å². The van der Waals surface area contributed by atoms with Crippen LogP contribution in [0.15, 0.2) is 60.9 Å². The lowest BCUT2D eigenvalue weighted by molar-refractivity contribution is -0.688. The Morgan fingerprint density at radius 1 is 1.07 bits per heavy atom. The van der Waals surface area contributed by atoms with Crippen LogP contribution in [0.25, 0.3) is 0 Å². The first-order valence-corrected chi connectivity index (χ1v) is 10.2. The summed E-state index contributed by atoms with van der Waals surface area (Å²) >= 11 is 6.58. The standard InChI is InChI=1S/C25H25ClNO/c1-17-12-20-8-9-22(25(28)23(20)13-18(17)2)14-21-10-11-27(16-24(21)26)15-19-6-4-3-5-7-19/h3-7,10-13,16,22H,8-9,14-15H2,1-2H3/q+1. The smallest absolute Gasteiger partial charge is 0.188 e. The number of carbonyl (C=O) groups excluding carboxylic acids is 1. The van der Waals surface area contributed by atoms with E-state index >= 15 is 0 Å². The topological polar surface area (TPSA) is 20.9 Å². The van der Waals surface area contributed by atoms with E-state index in [9.17, 15) is 4.79 Å². The summed E-state index contributed by atoms with van der Waals surface area (Å²) in [7, 11) is 0. The normalized spacial score (nSPS) is 16.1. The number of hydrogen-bond donors (Lipinski definition) is 0. The number of benzene rings is 2. The van der Waals surface area contributed by atoms with Gasteiger partial charge in [-0.2, -0.15) is 4.57 Å². The Balaban J connectivity index is 1.51. The lowest BCUT2D eigenvalue weighted by Gasteiger charge is -2.24. The van der Waals surface area contributed by atoms with Crippen molar-refractivity contribution in [3.8, 4) is 0 Å². The van der Waals surface area contributed by atoms with E-state index in [1.807, 2.05) is 24.4 Å². The second kappa shape index (κ2) is 7.89. The van der Waals surface area contributed by atoms with Gasteiger partial charge in [-0.3, -0.25) is 4.79 Å². The van der Waals surface area contributed by atoms with Crippen molar-refractivity contribution >= 4 is 17.4 Å². The highest BCUT2D eigenvalue weighted by Crippen LogP contribution is 2.31. The SMILES string of the molecule is Cc1cc2c(cc1C)C(=O)C(Cc1cc[n+](Cc3ccccc3)cc1Cl)CC2. The van der Waals surface area contributed by atoms with Crippen LogP contribution in [-0.4, -0.2) is 5.78 Å². The molecular weight excluding hydrogens is 366 g/mol. The quantitative estimate of drug-likeness (QED) is 0.555. The van der Waals surface area contributed by atoms with Gasteiger partial charge in [0.25, 0.3) is 0 Å². The summed E-state index contributed by atoms with van der Waals surface area (Å²) in [4.78, 5) is 13.1. The largest absolute Gasteiger partial charge is 0.294 e. The molecular formula is C25H25ClNO+. The molecule has 0 radical (unpaired) electrons. The molecule has 3 aromatic rings. The molecule has 1 atom stereocenters. The molecule has 1 unspecified atom stereocenters. The second-order valence-corrected chi connectivity index (χ2v) is 8.28. The van der Waals surface area contributed by atoms with Gasteiger partial charge in [0, 0.05) is 23.1 Å². The van der Waals surface area contributed by atoms with Gasteiger partial charge in [0.05, 0.1) is 0 Å². The molecule has 0 bridgehead atoms. The fourth-order valence-electron chi connectivity index (χ4n) is 4.05. The number of Topliss-reactive ketones (excluding diaryl/α,β-unsaturated/α-hetero) is 1. The predicted octanol–water partition coefficient (Wildman–Crippen LogP) is 5.28. The number of halogens is 1. The molecule has 2 nitrogen and oxygen atoms in total. The third-order valence-corrected chi connectivity index (χ3v) is 6.19. The van der Waals surface area contributed by atoms with Crippen LogP contribution >= 0.6 is 11.6 Å². The lowest BCUT2D eigenvalue weighted by Crippen LogP contribution is -2.34. The zero-order valence-corrected chi connectivity index (χ0v) is 17.2. The summed E-state index contributed by atoms with van der Waals surface area (Å²) in [6, 6.07) is 16.6. The van der Waals surface area contributed by atoms with Gasteiger partial charge in [0.15, 0.2) is 24.7 Å². The maximum atomic E-state index is 13.1. The van der Waals surface area contributed by atoms with Crippen LogP contribution in [0.5, 0.6) is 0 Å². The highest BCUT2D eigenvalue weighted by atomic mass is 35.5. The van der Waals surface area contributed by atoms with E-state index in [2.05, 4.69) is 54.9 Å². The molecule has 1 aliphatic carbocycles. The maximum Gasteiger partial charge on any atom is 0.188 e. The van der Waals surface area contributed by atoms with E-state index < -0.39 is 0 Å². The van der Waals surface area contributed by atoms with Crippen molar-refractivity contribution in [1.82, 2.24) is 0 Å². The monoisotopic (exact) mass is 390 g/mol. The number of pyridine rings is 1. The molecule has 3 heteroatoms. The molecule has 0 N–H and O–H groups in total. The Bertz CT molecular complexity index is 1030. The van der Waals surface area contributed by atoms with Crippen LogP contribution in [0, 0.1) is 19.8 Å². The number of carbonyl (C=O) groups is 1. The summed E-state index contributed by atoms with van der Waals surface area (Å²) in [5.74, 6) is 0.276. The summed E-state index contributed by atoms with van der Waals surface area (Å²) in [5.41, 5.74) is 6.85. The van der Waals surface area contributed by atoms with E-state index in [4.69, 9.17) is 11.6 Å². The van der Waals surface area contributed by atoms with Crippen LogP contribution in [0.3, 0.4) is 0 Å². The Kier molecular flexibility index (Phi) is 5.32. The summed E-state index contributed by atoms with van der Waals surface area (Å²) < 4.78 is 2.09. The molecule has 0 saturated heterocycles. The molecule has 142 valence electrons. The number of fused-ring (bicyclic) bond motifs is 1. The number of aromatic nitrogens is 1. The molecule has 0 fully saturated rings. The molecule has 0 spiro atoms. The van der Waals surface area contributed by atoms with E-state index in [0.29, 0.717) is 6.42 Å². The highest BCUT2D eigenvalue weighted by molar-refractivity contribution is 6.31. The fraction of sp³-hybridized carbons (Fsp3) is 0.280. The molecule has 1 aromatic heterocycles. The van der Waals surface area contributed by atoms with Crippen molar-refractivity contribution < 1.29 is 9.36 Å². The van der Waals surface area contributed by atoms with E-state index in [0.717, 1.165) is 35.5 Å². The molecule has 0 saturated carbocycles. The Hall–Kier alpha value is -2.45. The van der Waals surface area contributed by atoms with E-state index in [1.54, 1.807) is 0 Å². The van der Waals surface area contributed by atoms with Crippen molar-refractivity contribution in [3.63, 3.8) is 0 Å². The summed E-state index contributed by atoms with van der Waals surface area (Å²) in [6.07, 6.45) is 6.59. The Labute approximate surface area is 171 Å². The van der Waals surface area contributed by atoms with Gasteiger partial charge >= 0.3 is 0 Å². The number of ketones is 1. The minimum Gasteiger partial charge on any atom is -0.294 e. The van der Waals surface area contributed by atoms with Crippen LogP contribution in [-0.2, 0) is 19.4 Å². The average molecular weight is 391 g/mol. The van der Waals surface area contributed by atoms with Crippen LogP contribution in [0.1, 0.15) is 44.6 Å². The molecule has 28 heavy (non-hydrogen) atoms. The van der Waals surface area contributed by atoms with Gasteiger partial charge in [-0.15, -0.1) is 0 Å². The molecule has 2 aromatic carbocycles. The third kappa shape index (κ3) is 3.88. The van der Waals surface area contributed by atoms with Crippen molar-refractivity contribution in [2.45, 2.75) is 39.7 Å². The average Bonchev–Trinajstić information content (AvgIpc) is 2.68. The minimum absolute atomic E-state index is 0.0112. The Morgan fingerprint density at radius 2 is 1.82 bits per heavy atom. The zero-order chi connectivity index (χ0) is 19.7. The van der Waals surface area contributed by atoms with Crippen LogP contribution in [0.4, 0.5) is 0 Å². The molecule has 1 aliphatic rings. The number of rotatable bonds is 4. The third-order valence-electron chi connectivity index (χ3n) is 5.85. The van der Waals surface area contributed by atoms with Gasteiger partial charge in [-0.25, -0.2) is 0 Å². The molecule has 4 rings (SSSR count). The van der Waals surface area contributed by atoms with Gasteiger partial charge in [-0.1, -0.05) is 48.0 Å². The first-order valence-electron chi connectivity index (χ1n) is 9.87. The minimum atomic E-state index is 0.0112. The zero-order valence-electron chi connectivity index (χ0n) is 16.4. The maximum absolute atomic E-state index is 13.1.